The van der Waals surface area contributed by atoms with Crippen LogP contribution in [0.1, 0.15) is 28.4 Å². The number of benzene rings is 2. The number of carbonyl (C=O) groups excluding carboxylic acids is 1. The van der Waals surface area contributed by atoms with Gasteiger partial charge in [0.15, 0.2) is 5.78 Å². The van der Waals surface area contributed by atoms with Crippen LogP contribution in [0.5, 0.6) is 5.75 Å². The summed E-state index contributed by atoms with van der Waals surface area (Å²) < 4.78 is 21.6. The Morgan fingerprint density at radius 1 is 1.12 bits per heavy atom. The van der Waals surface area contributed by atoms with Crippen LogP contribution in [0.3, 0.4) is 0 Å². The van der Waals surface area contributed by atoms with Crippen LogP contribution in [0.4, 0.5) is 0 Å². The van der Waals surface area contributed by atoms with Gasteiger partial charge in [-0.15, -0.1) is 0 Å². The van der Waals surface area contributed by atoms with Gasteiger partial charge in [0, 0.05) is 5.56 Å². The van der Waals surface area contributed by atoms with Crippen molar-refractivity contribution in [1.82, 2.24) is 0 Å². The molecule has 2 aromatic rings. The molecular formula is C18H21O5P. The molecular weight excluding hydrogens is 327 g/mol. The first kappa shape index (κ1) is 18.4. The number of ether oxygens (including phenoxy) is 1. The van der Waals surface area contributed by atoms with Crippen molar-refractivity contribution in [3.05, 3.63) is 65.2 Å². The van der Waals surface area contributed by atoms with E-state index in [1.807, 2.05) is 30.3 Å². The number of rotatable bonds is 8. The molecule has 0 bridgehead atoms. The van der Waals surface area contributed by atoms with Gasteiger partial charge in [-0.3, -0.25) is 9.36 Å². The van der Waals surface area contributed by atoms with Gasteiger partial charge in [0.25, 0.3) is 0 Å². The molecule has 0 fully saturated rings. The topological polar surface area (TPSA) is 72.8 Å². The minimum atomic E-state index is -3.87. The Morgan fingerprint density at radius 2 is 1.83 bits per heavy atom. The average Bonchev–Trinajstić information content (AvgIpc) is 2.55. The van der Waals surface area contributed by atoms with Crippen molar-refractivity contribution in [3.63, 3.8) is 0 Å². The monoisotopic (exact) mass is 348 g/mol. The quantitative estimate of drug-likeness (QED) is 0.582. The van der Waals surface area contributed by atoms with Gasteiger partial charge in [-0.05, 0) is 42.7 Å². The lowest BCUT2D eigenvalue weighted by molar-refractivity contribution is 0.101. The molecule has 5 nitrogen and oxygen atoms in total. The normalized spacial score (nSPS) is 13.3. The second-order valence-electron chi connectivity index (χ2n) is 5.36. The van der Waals surface area contributed by atoms with Crippen molar-refractivity contribution < 1.29 is 23.5 Å². The van der Waals surface area contributed by atoms with E-state index in [4.69, 9.17) is 9.26 Å². The third kappa shape index (κ3) is 5.31. The highest BCUT2D eigenvalue weighted by Gasteiger charge is 2.24. The average molecular weight is 348 g/mol. The van der Waals surface area contributed by atoms with Gasteiger partial charge in [0.05, 0.1) is 13.7 Å². The van der Waals surface area contributed by atoms with Gasteiger partial charge in [-0.2, -0.15) is 0 Å². The van der Waals surface area contributed by atoms with Crippen molar-refractivity contribution >= 4 is 13.4 Å². The first-order chi connectivity index (χ1) is 11.4. The van der Waals surface area contributed by atoms with Crippen LogP contribution >= 0.6 is 7.60 Å². The standard InChI is InChI=1S/C18H21O5P/c1-3-23-24(20,21)13-18(19)16-6-4-5-15(12-16)11-14-7-9-17(22-2)10-8-14/h4-10,12H,3,11,13H2,1-2H3,(H,20,21). The highest BCUT2D eigenvalue weighted by Crippen LogP contribution is 2.42. The summed E-state index contributed by atoms with van der Waals surface area (Å²) in [5.74, 6) is 0.392. The fourth-order valence-corrected chi connectivity index (χ4v) is 3.39. The Balaban J connectivity index is 2.10. The van der Waals surface area contributed by atoms with Gasteiger partial charge >= 0.3 is 7.60 Å². The zero-order valence-electron chi connectivity index (χ0n) is 13.8. The van der Waals surface area contributed by atoms with Crippen molar-refractivity contribution in [1.29, 1.82) is 0 Å². The van der Waals surface area contributed by atoms with Crippen LogP contribution < -0.4 is 4.74 Å². The maximum atomic E-state index is 12.2. The predicted octanol–water partition coefficient (Wildman–Crippen LogP) is 3.69. The summed E-state index contributed by atoms with van der Waals surface area (Å²) in [4.78, 5) is 21.8. The predicted molar refractivity (Wildman–Crippen MR) is 92.9 cm³/mol. The highest BCUT2D eigenvalue weighted by atomic mass is 31.2. The maximum Gasteiger partial charge on any atom is 0.335 e. The SMILES string of the molecule is CCOP(=O)(O)CC(=O)c1cccc(Cc2ccc(OC)cc2)c1. The number of hydrogen-bond acceptors (Lipinski definition) is 4. The Bertz CT molecular complexity index is 739. The number of Topliss-reactive ketones (excluding diaryl/α,β-unsaturated/α-hetero) is 1. The van der Waals surface area contributed by atoms with E-state index in [-0.39, 0.29) is 6.61 Å². The van der Waals surface area contributed by atoms with Gasteiger partial charge in [0.2, 0.25) is 0 Å². The molecule has 0 aliphatic rings. The Labute approximate surface area is 141 Å². The highest BCUT2D eigenvalue weighted by molar-refractivity contribution is 7.53. The Kier molecular flexibility index (Phi) is 6.32. The summed E-state index contributed by atoms with van der Waals surface area (Å²) in [6.45, 7) is 1.71. The zero-order valence-corrected chi connectivity index (χ0v) is 14.7. The van der Waals surface area contributed by atoms with Crippen LogP contribution in [0.2, 0.25) is 0 Å². The zero-order chi connectivity index (χ0) is 17.6. The summed E-state index contributed by atoms with van der Waals surface area (Å²) in [5.41, 5.74) is 2.45. The van der Waals surface area contributed by atoms with Gasteiger partial charge < -0.3 is 14.2 Å². The van der Waals surface area contributed by atoms with E-state index < -0.39 is 19.5 Å². The van der Waals surface area contributed by atoms with Crippen molar-refractivity contribution in [2.75, 3.05) is 19.9 Å². The Hall–Kier alpha value is -1.94. The molecule has 0 aliphatic carbocycles. The molecule has 2 aromatic carbocycles. The molecule has 1 N–H and O–H groups in total. The lowest BCUT2D eigenvalue weighted by Gasteiger charge is -2.10. The van der Waals surface area contributed by atoms with Crippen LogP contribution in [0, 0.1) is 0 Å². The van der Waals surface area contributed by atoms with Gasteiger partial charge in [0.1, 0.15) is 11.9 Å². The molecule has 2 rings (SSSR count). The lowest BCUT2D eigenvalue weighted by Crippen LogP contribution is -2.08. The second kappa shape index (κ2) is 8.25. The van der Waals surface area contributed by atoms with Crippen LogP contribution in [0.15, 0.2) is 48.5 Å². The molecule has 0 spiro atoms. The molecule has 0 aromatic heterocycles. The summed E-state index contributed by atoms with van der Waals surface area (Å²) in [6.07, 6.45) is 0.153. The minimum Gasteiger partial charge on any atom is -0.497 e. The van der Waals surface area contributed by atoms with E-state index in [0.717, 1.165) is 16.9 Å². The molecule has 1 atom stereocenters. The van der Waals surface area contributed by atoms with Crippen molar-refractivity contribution in [3.8, 4) is 5.75 Å². The third-order valence-electron chi connectivity index (χ3n) is 3.49. The van der Waals surface area contributed by atoms with E-state index in [1.165, 1.54) is 0 Å². The lowest BCUT2D eigenvalue weighted by atomic mass is 10.0. The van der Waals surface area contributed by atoms with Crippen LogP contribution in [-0.2, 0) is 15.5 Å². The van der Waals surface area contributed by atoms with Crippen molar-refractivity contribution in [2.45, 2.75) is 13.3 Å². The number of ketones is 1. The van der Waals surface area contributed by atoms with Gasteiger partial charge in [-0.1, -0.05) is 30.3 Å². The second-order valence-corrected chi connectivity index (χ2v) is 7.21. The van der Waals surface area contributed by atoms with E-state index in [9.17, 15) is 14.3 Å². The molecule has 128 valence electrons. The smallest absolute Gasteiger partial charge is 0.335 e. The van der Waals surface area contributed by atoms with E-state index in [1.54, 1.807) is 32.2 Å². The molecule has 0 saturated carbocycles. The summed E-state index contributed by atoms with van der Waals surface area (Å²) in [6, 6.07) is 14.8. The van der Waals surface area contributed by atoms with E-state index in [2.05, 4.69) is 0 Å². The summed E-state index contributed by atoms with van der Waals surface area (Å²) >= 11 is 0. The fraction of sp³-hybridized carbons (Fsp3) is 0.278. The summed E-state index contributed by atoms with van der Waals surface area (Å²) in [7, 11) is -2.25. The van der Waals surface area contributed by atoms with Crippen molar-refractivity contribution in [2.24, 2.45) is 0 Å². The molecule has 6 heteroatoms. The molecule has 0 heterocycles. The molecule has 0 aliphatic heterocycles. The first-order valence-corrected chi connectivity index (χ1v) is 9.41. The number of methoxy groups -OCH3 is 1. The Morgan fingerprint density at radius 3 is 2.46 bits per heavy atom. The van der Waals surface area contributed by atoms with Crippen LogP contribution in [-0.4, -0.2) is 30.6 Å². The third-order valence-corrected chi connectivity index (χ3v) is 4.84. The molecule has 24 heavy (non-hydrogen) atoms. The van der Waals surface area contributed by atoms with E-state index >= 15 is 0 Å². The fourth-order valence-electron chi connectivity index (χ4n) is 2.35. The molecule has 0 radical (unpaired) electrons. The molecule has 0 amide bonds. The summed E-state index contributed by atoms with van der Waals surface area (Å²) in [5, 5.41) is 0. The van der Waals surface area contributed by atoms with E-state index in [0.29, 0.717) is 12.0 Å². The maximum absolute atomic E-state index is 12.2. The van der Waals surface area contributed by atoms with Crippen LogP contribution in [0.25, 0.3) is 0 Å². The number of carbonyl (C=O) groups is 1. The van der Waals surface area contributed by atoms with Gasteiger partial charge in [-0.25, -0.2) is 0 Å². The molecule has 0 saturated heterocycles. The number of hydrogen-bond donors (Lipinski definition) is 1. The molecule has 1 unspecified atom stereocenters. The largest absolute Gasteiger partial charge is 0.497 e. The minimum absolute atomic E-state index is 0.0958. The first-order valence-electron chi connectivity index (χ1n) is 7.65.